The van der Waals surface area contributed by atoms with Crippen LogP contribution in [0.2, 0.25) is 0 Å². The van der Waals surface area contributed by atoms with Gasteiger partial charge in [-0.15, -0.1) is 0 Å². The van der Waals surface area contributed by atoms with E-state index in [1.807, 2.05) is 0 Å². The van der Waals surface area contributed by atoms with Crippen molar-refractivity contribution < 1.29 is 13.2 Å². The first kappa shape index (κ1) is 15.7. The van der Waals surface area contributed by atoms with Crippen molar-refractivity contribution in [1.29, 1.82) is 5.26 Å². The molecule has 0 bridgehead atoms. The highest BCUT2D eigenvalue weighted by Crippen LogP contribution is 2.34. The lowest BCUT2D eigenvalue weighted by Crippen LogP contribution is -2.26. The molecule has 0 saturated heterocycles. The summed E-state index contributed by atoms with van der Waals surface area (Å²) in [5.74, 6) is 0.442. The van der Waals surface area contributed by atoms with Crippen LogP contribution in [0, 0.1) is 17.2 Å². The third kappa shape index (κ3) is 3.90. The van der Waals surface area contributed by atoms with E-state index in [0.29, 0.717) is 11.6 Å². The maximum absolute atomic E-state index is 13.0. The number of rotatable bonds is 2. The molecule has 0 heterocycles. The molecule has 2 rings (SSSR count). The highest BCUT2D eigenvalue weighted by atomic mass is 19.4. The van der Waals surface area contributed by atoms with Gasteiger partial charge in [0, 0.05) is 11.7 Å². The Balaban J connectivity index is 2.23. The van der Waals surface area contributed by atoms with E-state index in [4.69, 9.17) is 5.26 Å². The normalized spacial score (nSPS) is 23.2. The molecule has 2 unspecified atom stereocenters. The topological polar surface area (TPSA) is 35.8 Å². The Hall–Kier alpha value is -1.70. The minimum absolute atomic E-state index is 0.196. The SMILES string of the molecule is CC1CCCCCC1Nc1ccc(C#N)c(C(F)(F)F)c1. The molecule has 114 valence electrons. The maximum atomic E-state index is 13.0. The molecule has 1 N–H and O–H groups in total. The van der Waals surface area contributed by atoms with Crippen LogP contribution in [0.5, 0.6) is 0 Å². The number of nitrogens with one attached hydrogen (secondary N) is 1. The van der Waals surface area contributed by atoms with Crippen molar-refractivity contribution in [3.05, 3.63) is 29.3 Å². The molecule has 1 aromatic carbocycles. The third-order valence-electron chi connectivity index (χ3n) is 4.16. The second-order valence-corrected chi connectivity index (χ2v) is 5.74. The zero-order chi connectivity index (χ0) is 15.5. The number of alkyl halides is 3. The van der Waals surface area contributed by atoms with E-state index in [-0.39, 0.29) is 11.6 Å². The van der Waals surface area contributed by atoms with Crippen LogP contribution >= 0.6 is 0 Å². The molecule has 0 radical (unpaired) electrons. The van der Waals surface area contributed by atoms with Crippen LogP contribution in [-0.2, 0) is 6.18 Å². The van der Waals surface area contributed by atoms with Crippen molar-refractivity contribution in [2.24, 2.45) is 5.92 Å². The summed E-state index contributed by atoms with van der Waals surface area (Å²) in [6.07, 6.45) is 1.04. The summed E-state index contributed by atoms with van der Waals surface area (Å²) >= 11 is 0. The van der Waals surface area contributed by atoms with Crippen LogP contribution in [0.15, 0.2) is 18.2 Å². The predicted molar refractivity (Wildman–Crippen MR) is 75.8 cm³/mol. The monoisotopic (exact) mass is 296 g/mol. The van der Waals surface area contributed by atoms with Crippen molar-refractivity contribution in [2.45, 2.75) is 51.2 Å². The van der Waals surface area contributed by atoms with E-state index in [2.05, 4.69) is 12.2 Å². The summed E-state index contributed by atoms with van der Waals surface area (Å²) in [7, 11) is 0. The van der Waals surface area contributed by atoms with Gasteiger partial charge in [-0.05, 0) is 37.0 Å². The standard InChI is InChI=1S/C16H19F3N2/c1-11-5-3-2-4-6-15(11)21-13-8-7-12(10-20)14(9-13)16(17,18)19/h7-9,11,15,21H,2-6H2,1H3. The van der Waals surface area contributed by atoms with Crippen molar-refractivity contribution in [3.63, 3.8) is 0 Å². The molecule has 21 heavy (non-hydrogen) atoms. The van der Waals surface area contributed by atoms with E-state index in [1.165, 1.54) is 18.9 Å². The lowest BCUT2D eigenvalue weighted by atomic mass is 9.96. The first-order chi connectivity index (χ1) is 9.91. The van der Waals surface area contributed by atoms with Crippen LogP contribution in [0.3, 0.4) is 0 Å². The zero-order valence-electron chi connectivity index (χ0n) is 12.0. The fourth-order valence-electron chi connectivity index (χ4n) is 2.89. The first-order valence-corrected chi connectivity index (χ1v) is 7.29. The van der Waals surface area contributed by atoms with Crippen LogP contribution < -0.4 is 5.32 Å². The van der Waals surface area contributed by atoms with Gasteiger partial charge in [0.1, 0.15) is 0 Å². The molecule has 1 saturated carbocycles. The quantitative estimate of drug-likeness (QED) is 0.783. The lowest BCUT2D eigenvalue weighted by molar-refractivity contribution is -0.137. The molecule has 2 nitrogen and oxygen atoms in total. The van der Waals surface area contributed by atoms with Gasteiger partial charge in [0.15, 0.2) is 0 Å². The number of nitriles is 1. The third-order valence-corrected chi connectivity index (χ3v) is 4.16. The fourth-order valence-corrected chi connectivity index (χ4v) is 2.89. The molecule has 1 fully saturated rings. The molecule has 2 atom stereocenters. The van der Waals surface area contributed by atoms with E-state index in [1.54, 1.807) is 12.1 Å². The first-order valence-electron chi connectivity index (χ1n) is 7.29. The summed E-state index contributed by atoms with van der Waals surface area (Å²) < 4.78 is 38.9. The van der Waals surface area contributed by atoms with Crippen LogP contribution in [0.25, 0.3) is 0 Å². The largest absolute Gasteiger partial charge is 0.417 e. The van der Waals surface area contributed by atoms with Gasteiger partial charge in [0.2, 0.25) is 0 Å². The number of hydrogen-bond acceptors (Lipinski definition) is 2. The molecular formula is C16H19F3N2. The van der Waals surface area contributed by atoms with Gasteiger partial charge in [-0.2, -0.15) is 18.4 Å². The zero-order valence-corrected chi connectivity index (χ0v) is 12.0. The van der Waals surface area contributed by atoms with Gasteiger partial charge in [-0.25, -0.2) is 0 Å². The number of benzene rings is 1. The van der Waals surface area contributed by atoms with Gasteiger partial charge < -0.3 is 5.32 Å². The molecule has 0 amide bonds. The molecule has 0 aliphatic heterocycles. The van der Waals surface area contributed by atoms with Crippen molar-refractivity contribution in [2.75, 3.05) is 5.32 Å². The molecule has 1 aliphatic carbocycles. The number of nitrogens with zero attached hydrogens (tertiary/aromatic N) is 1. The minimum atomic E-state index is -4.50. The Morgan fingerprint density at radius 1 is 1.19 bits per heavy atom. The van der Waals surface area contributed by atoms with Gasteiger partial charge in [0.25, 0.3) is 0 Å². The molecule has 5 heteroatoms. The Morgan fingerprint density at radius 2 is 1.90 bits per heavy atom. The highest BCUT2D eigenvalue weighted by Gasteiger charge is 2.34. The Kier molecular flexibility index (Phi) is 4.76. The number of anilines is 1. The van der Waals surface area contributed by atoms with Crippen molar-refractivity contribution in [3.8, 4) is 6.07 Å². The summed E-state index contributed by atoms with van der Waals surface area (Å²) in [4.78, 5) is 0. The molecular weight excluding hydrogens is 277 g/mol. The summed E-state index contributed by atoms with van der Waals surface area (Å²) in [6, 6.07) is 5.66. The highest BCUT2D eigenvalue weighted by molar-refractivity contribution is 5.53. The Labute approximate surface area is 123 Å². The fraction of sp³-hybridized carbons (Fsp3) is 0.562. The van der Waals surface area contributed by atoms with E-state index in [9.17, 15) is 13.2 Å². The Morgan fingerprint density at radius 3 is 2.57 bits per heavy atom. The minimum Gasteiger partial charge on any atom is -0.382 e. The van der Waals surface area contributed by atoms with Crippen LogP contribution in [0.4, 0.5) is 18.9 Å². The molecule has 0 spiro atoms. The second kappa shape index (κ2) is 6.38. The van der Waals surface area contributed by atoms with Crippen molar-refractivity contribution >= 4 is 5.69 Å². The smallest absolute Gasteiger partial charge is 0.382 e. The van der Waals surface area contributed by atoms with E-state index >= 15 is 0 Å². The summed E-state index contributed by atoms with van der Waals surface area (Å²) in [6.45, 7) is 2.14. The van der Waals surface area contributed by atoms with Gasteiger partial charge in [-0.1, -0.05) is 26.2 Å². The molecule has 1 aromatic rings. The number of hydrogen-bond donors (Lipinski definition) is 1. The van der Waals surface area contributed by atoms with E-state index < -0.39 is 11.7 Å². The van der Waals surface area contributed by atoms with Crippen LogP contribution in [0.1, 0.15) is 50.2 Å². The number of halogens is 3. The van der Waals surface area contributed by atoms with Gasteiger partial charge in [0.05, 0.1) is 17.2 Å². The van der Waals surface area contributed by atoms with E-state index in [0.717, 1.165) is 25.3 Å². The van der Waals surface area contributed by atoms with Crippen LogP contribution in [-0.4, -0.2) is 6.04 Å². The summed E-state index contributed by atoms with van der Waals surface area (Å²) in [5, 5.41) is 12.0. The van der Waals surface area contributed by atoms with Gasteiger partial charge in [-0.3, -0.25) is 0 Å². The summed E-state index contributed by atoms with van der Waals surface area (Å²) in [5.41, 5.74) is -0.752. The van der Waals surface area contributed by atoms with Gasteiger partial charge >= 0.3 is 6.18 Å². The second-order valence-electron chi connectivity index (χ2n) is 5.74. The molecule has 0 aromatic heterocycles. The average Bonchev–Trinajstić information content (AvgIpc) is 2.63. The average molecular weight is 296 g/mol. The predicted octanol–water partition coefficient (Wildman–Crippen LogP) is 4.96. The van der Waals surface area contributed by atoms with Crippen molar-refractivity contribution in [1.82, 2.24) is 0 Å². The Bertz CT molecular complexity index is 531. The molecule has 1 aliphatic rings. The maximum Gasteiger partial charge on any atom is 0.417 e. The lowest BCUT2D eigenvalue weighted by Gasteiger charge is -2.24.